The molecule has 2 heterocycles. The number of nitrogens with two attached hydrogens (primary N) is 1. The highest BCUT2D eigenvalue weighted by molar-refractivity contribution is 5.18. The van der Waals surface area contributed by atoms with Gasteiger partial charge in [-0.25, -0.2) is 0 Å². The highest BCUT2D eigenvalue weighted by Crippen LogP contribution is 2.29. The van der Waals surface area contributed by atoms with Crippen LogP contribution < -0.4 is 5.73 Å². The molecule has 0 aliphatic carbocycles. The highest BCUT2D eigenvalue weighted by Gasteiger charge is 2.32. The van der Waals surface area contributed by atoms with Crippen LogP contribution in [0.3, 0.4) is 0 Å². The first-order chi connectivity index (χ1) is 9.27. The molecule has 4 heteroatoms. The van der Waals surface area contributed by atoms with Gasteiger partial charge in [0.15, 0.2) is 0 Å². The van der Waals surface area contributed by atoms with Crippen LogP contribution in [0.15, 0.2) is 24.5 Å². The van der Waals surface area contributed by atoms with Gasteiger partial charge in [0.25, 0.3) is 0 Å². The smallest absolute Gasteiger partial charge is 0.0622 e. The van der Waals surface area contributed by atoms with Gasteiger partial charge in [-0.05, 0) is 30.5 Å². The zero-order chi connectivity index (χ0) is 13.7. The second-order valence-corrected chi connectivity index (χ2v) is 5.17. The number of aromatic nitrogens is 1. The Morgan fingerprint density at radius 1 is 1.42 bits per heavy atom. The Kier molecular flexibility index (Phi) is 5.31. The van der Waals surface area contributed by atoms with Gasteiger partial charge in [0.2, 0.25) is 0 Å². The Morgan fingerprint density at radius 2 is 2.16 bits per heavy atom. The van der Waals surface area contributed by atoms with Crippen LogP contribution in [0.1, 0.15) is 38.3 Å². The molecule has 3 unspecified atom stereocenters. The fourth-order valence-electron chi connectivity index (χ4n) is 2.85. The van der Waals surface area contributed by atoms with Crippen molar-refractivity contribution in [1.29, 1.82) is 0 Å². The minimum absolute atomic E-state index is 0.148. The third-order valence-electron chi connectivity index (χ3n) is 4.03. The second-order valence-electron chi connectivity index (χ2n) is 5.17. The molecule has 1 aliphatic heterocycles. The van der Waals surface area contributed by atoms with Gasteiger partial charge in [0, 0.05) is 31.0 Å². The van der Waals surface area contributed by atoms with E-state index in [1.54, 1.807) is 0 Å². The first kappa shape index (κ1) is 14.4. The maximum Gasteiger partial charge on any atom is 0.0622 e. The molecule has 3 atom stereocenters. The van der Waals surface area contributed by atoms with E-state index >= 15 is 0 Å². The average Bonchev–Trinajstić information content (AvgIpc) is 2.49. The van der Waals surface area contributed by atoms with E-state index in [0.29, 0.717) is 6.04 Å². The first-order valence-corrected chi connectivity index (χ1v) is 7.26. The minimum Gasteiger partial charge on any atom is -0.378 e. The van der Waals surface area contributed by atoms with Crippen molar-refractivity contribution in [1.82, 2.24) is 9.88 Å². The quantitative estimate of drug-likeness (QED) is 0.882. The molecule has 1 aliphatic rings. The van der Waals surface area contributed by atoms with E-state index in [-0.39, 0.29) is 12.1 Å². The summed E-state index contributed by atoms with van der Waals surface area (Å²) in [5.74, 6) is 0. The number of hydrogen-bond donors (Lipinski definition) is 1. The summed E-state index contributed by atoms with van der Waals surface area (Å²) in [5.41, 5.74) is 7.66. The van der Waals surface area contributed by atoms with Crippen molar-refractivity contribution in [3.63, 3.8) is 0 Å². The van der Waals surface area contributed by atoms with Gasteiger partial charge in [-0.3, -0.25) is 9.88 Å². The number of pyridine rings is 1. The summed E-state index contributed by atoms with van der Waals surface area (Å²) >= 11 is 0. The predicted octanol–water partition coefficient (Wildman–Crippen LogP) is 1.97. The first-order valence-electron chi connectivity index (χ1n) is 7.26. The highest BCUT2D eigenvalue weighted by atomic mass is 16.5. The molecule has 2 rings (SSSR count). The molecule has 0 bridgehead atoms. The van der Waals surface area contributed by atoms with Crippen LogP contribution in [-0.4, -0.2) is 41.7 Å². The molecule has 19 heavy (non-hydrogen) atoms. The molecule has 0 aromatic carbocycles. The van der Waals surface area contributed by atoms with Gasteiger partial charge in [0.1, 0.15) is 0 Å². The Bertz CT molecular complexity index is 371. The summed E-state index contributed by atoms with van der Waals surface area (Å²) in [6.07, 6.45) is 5.77. The Balaban J connectivity index is 2.26. The van der Waals surface area contributed by atoms with Gasteiger partial charge >= 0.3 is 0 Å². The van der Waals surface area contributed by atoms with Crippen molar-refractivity contribution in [3.8, 4) is 0 Å². The van der Waals surface area contributed by atoms with Crippen molar-refractivity contribution in [3.05, 3.63) is 30.1 Å². The Labute approximate surface area is 116 Å². The van der Waals surface area contributed by atoms with Crippen LogP contribution >= 0.6 is 0 Å². The zero-order valence-electron chi connectivity index (χ0n) is 12.0. The third kappa shape index (κ3) is 3.32. The number of morpholine rings is 1. The zero-order valence-corrected chi connectivity index (χ0v) is 12.0. The number of hydrogen-bond acceptors (Lipinski definition) is 4. The number of ether oxygens (including phenoxy) is 1. The third-order valence-corrected chi connectivity index (χ3v) is 4.03. The molecule has 1 fully saturated rings. The lowest BCUT2D eigenvalue weighted by atomic mass is 9.94. The summed E-state index contributed by atoms with van der Waals surface area (Å²) < 4.78 is 5.61. The van der Waals surface area contributed by atoms with E-state index in [1.165, 1.54) is 5.56 Å². The van der Waals surface area contributed by atoms with Crippen LogP contribution in [0.5, 0.6) is 0 Å². The largest absolute Gasteiger partial charge is 0.378 e. The van der Waals surface area contributed by atoms with Crippen molar-refractivity contribution in [2.45, 2.75) is 44.8 Å². The summed E-state index contributed by atoms with van der Waals surface area (Å²) in [4.78, 5) is 6.63. The maximum atomic E-state index is 6.39. The van der Waals surface area contributed by atoms with Crippen LogP contribution in [0.25, 0.3) is 0 Å². The average molecular weight is 263 g/mol. The molecular weight excluding hydrogens is 238 g/mol. The number of rotatable bonds is 5. The van der Waals surface area contributed by atoms with Gasteiger partial charge in [0.05, 0.1) is 19.3 Å². The lowest BCUT2D eigenvalue weighted by molar-refractivity contribution is -0.0362. The van der Waals surface area contributed by atoms with Gasteiger partial charge in [-0.15, -0.1) is 0 Å². The van der Waals surface area contributed by atoms with Gasteiger partial charge in [-0.1, -0.05) is 13.8 Å². The number of nitrogens with zero attached hydrogens (tertiary/aromatic N) is 2. The van der Waals surface area contributed by atoms with E-state index in [2.05, 4.69) is 35.9 Å². The molecular formula is C15H25N3O. The van der Waals surface area contributed by atoms with Gasteiger partial charge in [-0.2, -0.15) is 0 Å². The summed E-state index contributed by atoms with van der Waals surface area (Å²) in [7, 11) is 0. The molecule has 0 saturated carbocycles. The van der Waals surface area contributed by atoms with Crippen LogP contribution in [0.4, 0.5) is 0 Å². The molecule has 0 spiro atoms. The van der Waals surface area contributed by atoms with E-state index in [0.717, 1.165) is 32.6 Å². The van der Waals surface area contributed by atoms with E-state index < -0.39 is 0 Å². The Hall–Kier alpha value is -0.970. The molecule has 4 nitrogen and oxygen atoms in total. The summed E-state index contributed by atoms with van der Waals surface area (Å²) in [5, 5.41) is 0. The lowest BCUT2D eigenvalue weighted by Gasteiger charge is -2.43. The summed E-state index contributed by atoms with van der Waals surface area (Å²) in [6, 6.07) is 5.05. The Morgan fingerprint density at radius 3 is 2.79 bits per heavy atom. The fourth-order valence-corrected chi connectivity index (χ4v) is 2.85. The molecule has 1 aromatic rings. The standard InChI is InChI=1S/C15H25N3O/c1-3-13-11-19-10-9-18(13)15(14(16)4-2)12-5-7-17-8-6-12/h5-8,13-15H,3-4,9-11,16H2,1-2H3. The maximum absolute atomic E-state index is 6.39. The van der Waals surface area contributed by atoms with Crippen molar-refractivity contribution in [2.75, 3.05) is 19.8 Å². The molecule has 0 radical (unpaired) electrons. The van der Waals surface area contributed by atoms with Crippen LogP contribution in [0, 0.1) is 0 Å². The van der Waals surface area contributed by atoms with Crippen LogP contribution in [-0.2, 0) is 4.74 Å². The minimum atomic E-state index is 0.148. The van der Waals surface area contributed by atoms with Crippen molar-refractivity contribution >= 4 is 0 Å². The van der Waals surface area contributed by atoms with E-state index in [9.17, 15) is 0 Å². The van der Waals surface area contributed by atoms with Crippen molar-refractivity contribution in [2.24, 2.45) is 5.73 Å². The van der Waals surface area contributed by atoms with E-state index in [1.807, 2.05) is 12.4 Å². The molecule has 0 amide bonds. The summed E-state index contributed by atoms with van der Waals surface area (Å²) in [6.45, 7) is 6.94. The molecule has 1 saturated heterocycles. The second kappa shape index (κ2) is 6.98. The van der Waals surface area contributed by atoms with Crippen molar-refractivity contribution < 1.29 is 4.74 Å². The topological polar surface area (TPSA) is 51.4 Å². The predicted molar refractivity (Wildman–Crippen MR) is 76.8 cm³/mol. The lowest BCUT2D eigenvalue weighted by Crippen LogP contribution is -2.51. The SMILES string of the molecule is CCC(N)C(c1ccncc1)N1CCOCC1CC. The molecule has 2 N–H and O–H groups in total. The van der Waals surface area contributed by atoms with Crippen LogP contribution in [0.2, 0.25) is 0 Å². The normalized spacial score (nSPS) is 24.1. The molecule has 106 valence electrons. The van der Waals surface area contributed by atoms with Gasteiger partial charge < -0.3 is 10.5 Å². The van der Waals surface area contributed by atoms with E-state index in [4.69, 9.17) is 10.5 Å². The fraction of sp³-hybridized carbons (Fsp3) is 0.667. The monoisotopic (exact) mass is 263 g/mol. The molecule has 1 aromatic heterocycles.